The first kappa shape index (κ1) is 24.0. The van der Waals surface area contributed by atoms with Gasteiger partial charge in [-0.2, -0.15) is 5.48 Å². The summed E-state index contributed by atoms with van der Waals surface area (Å²) in [6, 6.07) is 22.9. The van der Waals surface area contributed by atoms with E-state index in [1.807, 2.05) is 48.5 Å². The van der Waals surface area contributed by atoms with Crippen molar-refractivity contribution in [1.29, 1.82) is 0 Å². The van der Waals surface area contributed by atoms with E-state index in [2.05, 4.69) is 41.8 Å². The lowest BCUT2D eigenvalue weighted by atomic mass is 9.95. The van der Waals surface area contributed by atoms with Gasteiger partial charge in [-0.3, -0.25) is 4.79 Å². The average Bonchev–Trinajstić information content (AvgIpc) is 3.31. The van der Waals surface area contributed by atoms with Gasteiger partial charge in [0.2, 0.25) is 5.89 Å². The highest BCUT2D eigenvalue weighted by Gasteiger charge is 2.19. The number of amides is 1. The summed E-state index contributed by atoms with van der Waals surface area (Å²) in [7, 11) is 0. The zero-order valence-corrected chi connectivity index (χ0v) is 20.1. The molecule has 0 saturated carbocycles. The molecule has 1 heterocycles. The first-order valence-electron chi connectivity index (χ1n) is 11.8. The first-order valence-corrected chi connectivity index (χ1v) is 11.8. The maximum Gasteiger partial charge on any atom is 0.331 e. The zero-order valence-electron chi connectivity index (χ0n) is 20.1. The summed E-state index contributed by atoms with van der Waals surface area (Å²) in [6.45, 7) is 5.98. The Hall–Kier alpha value is -4.13. The van der Waals surface area contributed by atoms with E-state index in [1.165, 1.54) is 0 Å². The van der Waals surface area contributed by atoms with Crippen molar-refractivity contribution in [2.24, 2.45) is 5.92 Å². The van der Waals surface area contributed by atoms with Crippen LogP contribution in [0.25, 0.3) is 22.6 Å². The molecule has 2 N–H and O–H groups in total. The minimum atomic E-state index is -0.500. The summed E-state index contributed by atoms with van der Waals surface area (Å²) in [6.07, 6.45) is 1.03. The second-order valence-electron chi connectivity index (χ2n) is 8.74. The lowest BCUT2D eigenvalue weighted by molar-refractivity contribution is -0.148. The molecule has 3 aromatic carbocycles. The van der Waals surface area contributed by atoms with Crippen LogP contribution in [0.15, 0.2) is 77.2 Å². The van der Waals surface area contributed by atoms with E-state index in [4.69, 9.17) is 9.25 Å². The van der Waals surface area contributed by atoms with Gasteiger partial charge < -0.3 is 14.6 Å². The third kappa shape index (κ3) is 5.87. The lowest BCUT2D eigenvalue weighted by Gasteiger charge is -2.24. The summed E-state index contributed by atoms with van der Waals surface area (Å²) >= 11 is 0. The molecule has 4 rings (SSSR count). The van der Waals surface area contributed by atoms with Gasteiger partial charge in [-0.15, -0.1) is 0 Å². The number of oxazole rings is 1. The molecule has 0 aliphatic rings. The van der Waals surface area contributed by atoms with Crippen molar-refractivity contribution in [3.8, 4) is 11.5 Å². The molecule has 0 aliphatic carbocycles. The lowest BCUT2D eigenvalue weighted by Crippen LogP contribution is -2.27. The van der Waals surface area contributed by atoms with Gasteiger partial charge in [0.05, 0.1) is 11.6 Å². The van der Waals surface area contributed by atoms with Gasteiger partial charge in [-0.1, -0.05) is 57.2 Å². The molecule has 35 heavy (non-hydrogen) atoms. The topological polar surface area (TPSA) is 93.5 Å². The first-order chi connectivity index (χ1) is 16.9. The van der Waals surface area contributed by atoms with Gasteiger partial charge in [0, 0.05) is 17.7 Å². The minimum absolute atomic E-state index is 0.0418. The van der Waals surface area contributed by atoms with Crippen molar-refractivity contribution in [2.45, 2.75) is 39.7 Å². The predicted octanol–water partition coefficient (Wildman–Crippen LogP) is 6.29. The molecule has 0 fully saturated rings. The molecular weight excluding hydrogens is 442 g/mol. The highest BCUT2D eigenvalue weighted by Crippen LogP contribution is 2.30. The maximum absolute atomic E-state index is 12.7. The van der Waals surface area contributed by atoms with Crippen molar-refractivity contribution in [2.75, 3.05) is 5.32 Å². The van der Waals surface area contributed by atoms with Crippen molar-refractivity contribution in [1.82, 2.24) is 10.5 Å². The number of anilines is 1. The Bertz CT molecular complexity index is 1280. The van der Waals surface area contributed by atoms with E-state index in [0.29, 0.717) is 23.1 Å². The van der Waals surface area contributed by atoms with Gasteiger partial charge in [-0.05, 0) is 54.3 Å². The Morgan fingerprint density at radius 1 is 0.971 bits per heavy atom. The van der Waals surface area contributed by atoms with Crippen LogP contribution in [0.4, 0.5) is 5.69 Å². The number of nitrogens with one attached hydrogen (secondary N) is 2. The minimum Gasteiger partial charge on any atom is -0.436 e. The predicted molar refractivity (Wildman–Crippen MR) is 136 cm³/mol. The molecule has 180 valence electrons. The highest BCUT2D eigenvalue weighted by atomic mass is 16.7. The van der Waals surface area contributed by atoms with E-state index in [9.17, 15) is 9.59 Å². The standard InChI is InChI=1S/C28H29N3O4/c1-4-26(32)35-31-27(33)21-9-5-6-10-22(21)29-24(17-18(2)3)19-13-15-20(16-14-19)28-30-23-11-7-8-12-25(23)34-28/h5-16,18,24,29H,4,17H2,1-3H3,(H,31,33)/t24-/m0/s1. The van der Waals surface area contributed by atoms with Gasteiger partial charge in [-0.25, -0.2) is 9.78 Å². The molecule has 7 heteroatoms. The number of para-hydroxylation sites is 3. The van der Waals surface area contributed by atoms with Crippen LogP contribution in [0.2, 0.25) is 0 Å². The van der Waals surface area contributed by atoms with E-state index in [0.717, 1.165) is 28.6 Å². The fraction of sp³-hybridized carbons (Fsp3) is 0.250. The summed E-state index contributed by atoms with van der Waals surface area (Å²) in [4.78, 5) is 33.5. The molecular formula is C28H29N3O4. The maximum atomic E-state index is 12.7. The van der Waals surface area contributed by atoms with Gasteiger partial charge in [0.1, 0.15) is 5.52 Å². The number of carbonyl (C=O) groups is 2. The van der Waals surface area contributed by atoms with Gasteiger partial charge in [0.15, 0.2) is 5.58 Å². The number of benzene rings is 3. The fourth-order valence-corrected chi connectivity index (χ4v) is 3.83. The van der Waals surface area contributed by atoms with Crippen LogP contribution in [0.5, 0.6) is 0 Å². The van der Waals surface area contributed by atoms with E-state index < -0.39 is 11.9 Å². The van der Waals surface area contributed by atoms with E-state index >= 15 is 0 Å². The van der Waals surface area contributed by atoms with Crippen LogP contribution < -0.4 is 10.8 Å². The Kier molecular flexibility index (Phi) is 7.45. The zero-order chi connectivity index (χ0) is 24.8. The Morgan fingerprint density at radius 3 is 2.40 bits per heavy atom. The van der Waals surface area contributed by atoms with Crippen LogP contribution in [-0.2, 0) is 9.63 Å². The summed E-state index contributed by atoms with van der Waals surface area (Å²) in [5, 5.41) is 3.52. The highest BCUT2D eigenvalue weighted by molar-refractivity contribution is 5.99. The van der Waals surface area contributed by atoms with Crippen LogP contribution >= 0.6 is 0 Å². The van der Waals surface area contributed by atoms with Crippen molar-refractivity contribution >= 4 is 28.7 Å². The number of aromatic nitrogens is 1. The molecule has 7 nitrogen and oxygen atoms in total. The molecule has 1 aromatic heterocycles. The number of carbonyl (C=O) groups excluding carboxylic acids is 2. The summed E-state index contributed by atoms with van der Waals surface area (Å²) in [5.41, 5.74) is 6.84. The van der Waals surface area contributed by atoms with E-state index in [-0.39, 0.29) is 12.5 Å². The summed E-state index contributed by atoms with van der Waals surface area (Å²) in [5.74, 6) is 0.00971. The Balaban J connectivity index is 1.56. The average molecular weight is 472 g/mol. The van der Waals surface area contributed by atoms with Crippen LogP contribution in [0, 0.1) is 5.92 Å². The number of hydroxylamine groups is 1. The van der Waals surface area contributed by atoms with Crippen LogP contribution in [0.3, 0.4) is 0 Å². The number of rotatable bonds is 8. The monoisotopic (exact) mass is 471 g/mol. The third-order valence-corrected chi connectivity index (χ3v) is 5.61. The number of fused-ring (bicyclic) bond motifs is 1. The normalized spacial score (nSPS) is 11.9. The molecule has 4 aromatic rings. The van der Waals surface area contributed by atoms with Gasteiger partial charge in [0.25, 0.3) is 5.91 Å². The molecule has 1 atom stereocenters. The molecule has 0 radical (unpaired) electrons. The van der Waals surface area contributed by atoms with Crippen LogP contribution in [-0.4, -0.2) is 16.9 Å². The molecule has 0 spiro atoms. The van der Waals surface area contributed by atoms with Crippen molar-refractivity contribution in [3.05, 3.63) is 83.9 Å². The number of hydrogen-bond donors (Lipinski definition) is 2. The van der Waals surface area contributed by atoms with Crippen molar-refractivity contribution in [3.63, 3.8) is 0 Å². The molecule has 0 unspecified atom stereocenters. The van der Waals surface area contributed by atoms with Crippen LogP contribution in [0.1, 0.15) is 55.6 Å². The second-order valence-corrected chi connectivity index (χ2v) is 8.74. The Labute approximate surface area is 204 Å². The second kappa shape index (κ2) is 10.9. The molecule has 1 amide bonds. The van der Waals surface area contributed by atoms with Crippen molar-refractivity contribution < 1.29 is 18.8 Å². The molecule has 0 bridgehead atoms. The van der Waals surface area contributed by atoms with Gasteiger partial charge >= 0.3 is 5.97 Å². The SMILES string of the molecule is CCC(=O)ONC(=O)c1ccccc1N[C@@H](CC(C)C)c1ccc(-c2nc3ccccc3o2)cc1. The molecule has 0 saturated heterocycles. The quantitative estimate of drug-likeness (QED) is 0.293. The fourth-order valence-electron chi connectivity index (χ4n) is 3.83. The smallest absolute Gasteiger partial charge is 0.331 e. The number of nitrogens with zero attached hydrogens (tertiary/aromatic N) is 1. The number of hydrogen-bond acceptors (Lipinski definition) is 6. The largest absolute Gasteiger partial charge is 0.436 e. The Morgan fingerprint density at radius 2 is 1.69 bits per heavy atom. The molecule has 0 aliphatic heterocycles. The summed E-state index contributed by atoms with van der Waals surface area (Å²) < 4.78 is 5.90. The van der Waals surface area contributed by atoms with E-state index in [1.54, 1.807) is 19.1 Å². The third-order valence-electron chi connectivity index (χ3n) is 5.61.